The summed E-state index contributed by atoms with van der Waals surface area (Å²) < 4.78 is 16.3. The van der Waals surface area contributed by atoms with E-state index in [1.807, 2.05) is 0 Å². The van der Waals surface area contributed by atoms with Crippen LogP contribution in [0.5, 0.6) is 11.5 Å². The molecule has 7 nitrogen and oxygen atoms in total. The predicted octanol–water partition coefficient (Wildman–Crippen LogP) is 0.341. The van der Waals surface area contributed by atoms with Crippen molar-refractivity contribution >= 4 is 5.91 Å². The summed E-state index contributed by atoms with van der Waals surface area (Å²) in [6, 6.07) is 5.13. The van der Waals surface area contributed by atoms with Gasteiger partial charge in [0, 0.05) is 37.7 Å². The van der Waals surface area contributed by atoms with E-state index in [-0.39, 0.29) is 11.8 Å². The van der Waals surface area contributed by atoms with Crippen molar-refractivity contribution in [3.8, 4) is 11.5 Å². The summed E-state index contributed by atoms with van der Waals surface area (Å²) in [5.74, 6) is 1.25. The van der Waals surface area contributed by atoms with E-state index >= 15 is 0 Å². The number of likely N-dealkylation sites (N-methyl/N-ethyl adjacent to an activating group) is 1. The smallest absolute Gasteiger partial charge is 0.251 e. The molecule has 0 bridgehead atoms. The molecule has 1 heterocycles. The topological polar surface area (TPSA) is 86.0 Å². The lowest BCUT2D eigenvalue weighted by atomic mass is 10.1. The first-order valence-corrected chi connectivity index (χ1v) is 8.19. The highest BCUT2D eigenvalue weighted by atomic mass is 16.5. The van der Waals surface area contributed by atoms with Gasteiger partial charge in [0.15, 0.2) is 11.5 Å². The van der Waals surface area contributed by atoms with Crippen LogP contribution in [0.4, 0.5) is 0 Å². The number of carbonyl (C=O) groups excluding carboxylic acids is 1. The molecule has 134 valence electrons. The van der Waals surface area contributed by atoms with Crippen molar-refractivity contribution in [3.05, 3.63) is 23.8 Å². The number of ether oxygens (including phenoxy) is 3. The molecule has 24 heavy (non-hydrogen) atoms. The Bertz CT molecular complexity index is 539. The second-order valence-corrected chi connectivity index (χ2v) is 5.92. The summed E-state index contributed by atoms with van der Waals surface area (Å²) in [5, 5.41) is 2.97. The number of nitrogens with two attached hydrogens (primary N) is 1. The van der Waals surface area contributed by atoms with Gasteiger partial charge < -0.3 is 30.2 Å². The van der Waals surface area contributed by atoms with Crippen LogP contribution in [0, 0.1) is 5.92 Å². The lowest BCUT2D eigenvalue weighted by Gasteiger charge is -2.19. The van der Waals surface area contributed by atoms with Gasteiger partial charge in [-0.05, 0) is 25.2 Å². The molecule has 1 aliphatic rings. The number of benzene rings is 1. The summed E-state index contributed by atoms with van der Waals surface area (Å²) in [5.41, 5.74) is 5.99. The zero-order valence-corrected chi connectivity index (χ0v) is 14.4. The Morgan fingerprint density at radius 1 is 1.46 bits per heavy atom. The average molecular weight is 337 g/mol. The first-order valence-electron chi connectivity index (χ1n) is 8.19. The van der Waals surface area contributed by atoms with Crippen LogP contribution in [0.15, 0.2) is 18.2 Å². The molecule has 1 saturated heterocycles. The molecular formula is C17H27N3O4. The third-order valence-electron chi connectivity index (χ3n) is 3.89. The van der Waals surface area contributed by atoms with Gasteiger partial charge in [-0.3, -0.25) is 4.79 Å². The first kappa shape index (κ1) is 18.5. The quantitative estimate of drug-likeness (QED) is 0.746. The van der Waals surface area contributed by atoms with Crippen LogP contribution in [-0.4, -0.2) is 71.0 Å². The molecule has 1 aromatic carbocycles. The molecule has 0 spiro atoms. The maximum Gasteiger partial charge on any atom is 0.251 e. The van der Waals surface area contributed by atoms with Gasteiger partial charge in [0.1, 0.15) is 6.61 Å². The van der Waals surface area contributed by atoms with Gasteiger partial charge in [-0.1, -0.05) is 0 Å². The fourth-order valence-corrected chi connectivity index (χ4v) is 2.62. The molecule has 7 heteroatoms. The van der Waals surface area contributed by atoms with E-state index in [0.717, 1.165) is 19.7 Å². The second kappa shape index (κ2) is 9.46. The molecular weight excluding hydrogens is 310 g/mol. The zero-order valence-electron chi connectivity index (χ0n) is 14.4. The van der Waals surface area contributed by atoms with Crippen molar-refractivity contribution in [2.75, 3.05) is 60.2 Å². The number of amides is 1. The van der Waals surface area contributed by atoms with Gasteiger partial charge in [-0.15, -0.1) is 0 Å². The minimum absolute atomic E-state index is 0.137. The monoisotopic (exact) mass is 337 g/mol. The van der Waals surface area contributed by atoms with Crippen molar-refractivity contribution in [1.29, 1.82) is 0 Å². The number of rotatable bonds is 7. The van der Waals surface area contributed by atoms with Crippen molar-refractivity contribution in [1.82, 2.24) is 10.2 Å². The molecule has 2 rings (SSSR count). The van der Waals surface area contributed by atoms with E-state index in [1.165, 1.54) is 0 Å². The van der Waals surface area contributed by atoms with E-state index < -0.39 is 0 Å². The minimum Gasteiger partial charge on any atom is -0.493 e. The average Bonchev–Trinajstić information content (AvgIpc) is 2.81. The van der Waals surface area contributed by atoms with Crippen LogP contribution in [0.1, 0.15) is 10.4 Å². The number of nitrogens with one attached hydrogen (secondary N) is 1. The van der Waals surface area contributed by atoms with Crippen LogP contribution in [0.3, 0.4) is 0 Å². The maximum atomic E-state index is 12.4. The molecule has 1 aliphatic heterocycles. The van der Waals surface area contributed by atoms with Gasteiger partial charge in [0.2, 0.25) is 0 Å². The highest BCUT2D eigenvalue weighted by Crippen LogP contribution is 2.28. The molecule has 3 N–H and O–H groups in total. The highest BCUT2D eigenvalue weighted by molar-refractivity contribution is 5.94. The Hall–Kier alpha value is -1.83. The molecule has 1 aromatic rings. The Kier molecular flexibility index (Phi) is 7.30. The molecule has 0 unspecified atom stereocenters. The molecule has 1 fully saturated rings. The summed E-state index contributed by atoms with van der Waals surface area (Å²) in [4.78, 5) is 14.6. The number of hydrogen-bond acceptors (Lipinski definition) is 6. The normalized spacial score (nSPS) is 18.7. The summed E-state index contributed by atoms with van der Waals surface area (Å²) >= 11 is 0. The standard InChI is InChI=1S/C17H27N3O4/c1-20-6-8-23-12-13(11-20)10-19-17(21)14-3-4-15(22-2)16(9-14)24-7-5-18/h3-4,9,13H,5-8,10-12,18H2,1-2H3,(H,19,21)/t13-/m0/s1. The van der Waals surface area contributed by atoms with Gasteiger partial charge in [-0.2, -0.15) is 0 Å². The predicted molar refractivity (Wildman–Crippen MR) is 91.7 cm³/mol. The Balaban J connectivity index is 1.95. The van der Waals surface area contributed by atoms with Crippen LogP contribution in [0.2, 0.25) is 0 Å². The van der Waals surface area contributed by atoms with E-state index in [9.17, 15) is 4.79 Å². The molecule has 0 radical (unpaired) electrons. The van der Waals surface area contributed by atoms with Gasteiger partial charge >= 0.3 is 0 Å². The maximum absolute atomic E-state index is 12.4. The lowest BCUT2D eigenvalue weighted by Crippen LogP contribution is -2.35. The van der Waals surface area contributed by atoms with Crippen molar-refractivity contribution in [3.63, 3.8) is 0 Å². The van der Waals surface area contributed by atoms with Gasteiger partial charge in [0.25, 0.3) is 5.91 Å². The van der Waals surface area contributed by atoms with Gasteiger partial charge in [0.05, 0.1) is 20.3 Å². The fraction of sp³-hybridized carbons (Fsp3) is 0.588. The largest absolute Gasteiger partial charge is 0.493 e. The van der Waals surface area contributed by atoms with Crippen LogP contribution < -0.4 is 20.5 Å². The van der Waals surface area contributed by atoms with E-state index in [0.29, 0.717) is 43.4 Å². The van der Waals surface area contributed by atoms with Crippen LogP contribution >= 0.6 is 0 Å². The van der Waals surface area contributed by atoms with E-state index in [1.54, 1.807) is 25.3 Å². The fourth-order valence-electron chi connectivity index (χ4n) is 2.62. The molecule has 0 saturated carbocycles. The Morgan fingerprint density at radius 3 is 3.04 bits per heavy atom. The zero-order chi connectivity index (χ0) is 17.4. The third-order valence-corrected chi connectivity index (χ3v) is 3.89. The summed E-state index contributed by atoms with van der Waals surface area (Å²) in [7, 11) is 3.63. The Labute approximate surface area is 143 Å². The molecule has 0 aliphatic carbocycles. The number of carbonyl (C=O) groups is 1. The van der Waals surface area contributed by atoms with Crippen molar-refractivity contribution in [2.45, 2.75) is 0 Å². The molecule has 1 amide bonds. The first-order chi connectivity index (χ1) is 11.6. The van der Waals surface area contributed by atoms with E-state index in [4.69, 9.17) is 19.9 Å². The van der Waals surface area contributed by atoms with Crippen LogP contribution in [0.25, 0.3) is 0 Å². The summed E-state index contributed by atoms with van der Waals surface area (Å²) in [6.07, 6.45) is 0. The number of hydrogen-bond donors (Lipinski definition) is 2. The lowest BCUT2D eigenvalue weighted by molar-refractivity contribution is 0.0921. The van der Waals surface area contributed by atoms with Crippen molar-refractivity contribution in [2.24, 2.45) is 11.7 Å². The van der Waals surface area contributed by atoms with Crippen LogP contribution in [-0.2, 0) is 4.74 Å². The minimum atomic E-state index is -0.137. The SMILES string of the molecule is COc1ccc(C(=O)NC[C@@H]2COCCN(C)C2)cc1OCCN. The highest BCUT2D eigenvalue weighted by Gasteiger charge is 2.18. The third kappa shape index (κ3) is 5.36. The second-order valence-electron chi connectivity index (χ2n) is 5.92. The summed E-state index contributed by atoms with van der Waals surface area (Å²) in [6.45, 7) is 4.58. The van der Waals surface area contributed by atoms with Gasteiger partial charge in [-0.25, -0.2) is 0 Å². The number of nitrogens with zero attached hydrogens (tertiary/aromatic N) is 1. The molecule has 0 aromatic heterocycles. The number of methoxy groups -OCH3 is 1. The Morgan fingerprint density at radius 2 is 2.29 bits per heavy atom. The van der Waals surface area contributed by atoms with Crippen molar-refractivity contribution < 1.29 is 19.0 Å². The van der Waals surface area contributed by atoms with E-state index in [2.05, 4.69) is 17.3 Å². The molecule has 1 atom stereocenters.